The van der Waals surface area contributed by atoms with Crippen molar-refractivity contribution < 1.29 is 19.0 Å². The Balaban J connectivity index is 2.11. The lowest BCUT2D eigenvalue weighted by Gasteiger charge is -2.15. The number of carboxylic acids is 1. The van der Waals surface area contributed by atoms with Gasteiger partial charge in [0.25, 0.3) is 0 Å². The summed E-state index contributed by atoms with van der Waals surface area (Å²) in [4.78, 5) is 11.2. The molecule has 0 aliphatic rings. The van der Waals surface area contributed by atoms with Crippen LogP contribution in [0.5, 0.6) is 5.75 Å². The van der Waals surface area contributed by atoms with Crippen LogP contribution < -0.4 is 4.74 Å². The number of carboxylic acid groups (broad SMARTS) is 1. The molecule has 0 radical (unpaired) electrons. The highest BCUT2D eigenvalue weighted by atomic mass is 35.5. The van der Waals surface area contributed by atoms with Gasteiger partial charge >= 0.3 is 5.97 Å². The predicted octanol–water partition coefficient (Wildman–Crippen LogP) is 3.55. The number of halogens is 2. The van der Waals surface area contributed by atoms with Gasteiger partial charge in [-0.25, -0.2) is 9.18 Å². The van der Waals surface area contributed by atoms with Crippen molar-refractivity contribution in [2.24, 2.45) is 0 Å². The lowest BCUT2D eigenvalue weighted by atomic mass is 10.1. The summed E-state index contributed by atoms with van der Waals surface area (Å²) in [6, 6.07) is 12.2. The van der Waals surface area contributed by atoms with Gasteiger partial charge in [-0.1, -0.05) is 29.8 Å². The standard InChI is InChI=1S/C15H12ClFO3/c16-11-2-1-3-13(9-11)20-14(15(18)19)8-10-4-6-12(17)7-5-10/h1-7,9,14H,8H2,(H,18,19). The second-order valence-electron chi connectivity index (χ2n) is 4.23. The summed E-state index contributed by atoms with van der Waals surface area (Å²) in [7, 11) is 0. The molecule has 0 saturated heterocycles. The number of rotatable bonds is 5. The molecule has 3 nitrogen and oxygen atoms in total. The van der Waals surface area contributed by atoms with E-state index in [9.17, 15) is 14.3 Å². The van der Waals surface area contributed by atoms with E-state index in [4.69, 9.17) is 16.3 Å². The summed E-state index contributed by atoms with van der Waals surface area (Å²) in [6.45, 7) is 0. The van der Waals surface area contributed by atoms with Crippen LogP contribution in [0.25, 0.3) is 0 Å². The van der Waals surface area contributed by atoms with Crippen molar-refractivity contribution >= 4 is 17.6 Å². The molecule has 0 aliphatic heterocycles. The van der Waals surface area contributed by atoms with Gasteiger partial charge in [0.15, 0.2) is 6.10 Å². The largest absolute Gasteiger partial charge is 0.478 e. The van der Waals surface area contributed by atoms with Crippen LogP contribution in [0.4, 0.5) is 4.39 Å². The Bertz CT molecular complexity index is 598. The van der Waals surface area contributed by atoms with Crippen LogP contribution in [-0.4, -0.2) is 17.2 Å². The van der Waals surface area contributed by atoms with E-state index >= 15 is 0 Å². The number of carbonyl (C=O) groups is 1. The Hall–Kier alpha value is -2.07. The third-order valence-corrected chi connectivity index (χ3v) is 2.92. The molecule has 5 heteroatoms. The van der Waals surface area contributed by atoms with Crippen molar-refractivity contribution in [3.8, 4) is 5.75 Å². The number of hydrogen-bond donors (Lipinski definition) is 1. The summed E-state index contributed by atoms with van der Waals surface area (Å²) in [6.07, 6.45) is -0.916. The lowest BCUT2D eigenvalue weighted by Crippen LogP contribution is -2.29. The number of hydrogen-bond acceptors (Lipinski definition) is 2. The fourth-order valence-electron chi connectivity index (χ4n) is 1.72. The van der Waals surface area contributed by atoms with E-state index in [1.54, 1.807) is 24.3 Å². The van der Waals surface area contributed by atoms with Gasteiger partial charge in [-0.15, -0.1) is 0 Å². The maximum Gasteiger partial charge on any atom is 0.345 e. The van der Waals surface area contributed by atoms with Crippen molar-refractivity contribution in [1.82, 2.24) is 0 Å². The summed E-state index contributed by atoms with van der Waals surface area (Å²) in [5, 5.41) is 9.65. The van der Waals surface area contributed by atoms with E-state index in [1.807, 2.05) is 0 Å². The molecular formula is C15H12ClFO3. The zero-order valence-electron chi connectivity index (χ0n) is 10.4. The Labute approximate surface area is 120 Å². The molecule has 0 bridgehead atoms. The summed E-state index contributed by atoms with van der Waals surface area (Å²) >= 11 is 5.82. The Kier molecular flexibility index (Phi) is 4.58. The van der Waals surface area contributed by atoms with Crippen LogP contribution in [0.15, 0.2) is 48.5 Å². The van der Waals surface area contributed by atoms with Crippen LogP contribution in [-0.2, 0) is 11.2 Å². The minimum Gasteiger partial charge on any atom is -0.478 e. The molecule has 2 rings (SSSR count). The Morgan fingerprint density at radius 2 is 1.95 bits per heavy atom. The first-order valence-electron chi connectivity index (χ1n) is 5.94. The highest BCUT2D eigenvalue weighted by Crippen LogP contribution is 2.19. The van der Waals surface area contributed by atoms with Crippen molar-refractivity contribution in [2.75, 3.05) is 0 Å². The number of ether oxygens (including phenoxy) is 1. The fraction of sp³-hybridized carbons (Fsp3) is 0.133. The van der Waals surface area contributed by atoms with E-state index in [1.165, 1.54) is 24.3 Å². The fourth-order valence-corrected chi connectivity index (χ4v) is 1.90. The van der Waals surface area contributed by atoms with Crippen molar-refractivity contribution in [2.45, 2.75) is 12.5 Å². The molecule has 0 aliphatic carbocycles. The van der Waals surface area contributed by atoms with E-state index < -0.39 is 12.1 Å². The van der Waals surface area contributed by atoms with E-state index in [2.05, 4.69) is 0 Å². The van der Waals surface area contributed by atoms with E-state index in [0.717, 1.165) is 0 Å². The molecule has 0 amide bonds. The minimum atomic E-state index is -1.09. The zero-order chi connectivity index (χ0) is 14.5. The van der Waals surface area contributed by atoms with Gasteiger partial charge in [0.1, 0.15) is 11.6 Å². The second kappa shape index (κ2) is 6.39. The molecule has 104 valence electrons. The minimum absolute atomic E-state index is 0.141. The molecule has 2 aromatic carbocycles. The normalized spacial score (nSPS) is 11.9. The third kappa shape index (κ3) is 3.96. The van der Waals surface area contributed by atoms with Crippen molar-refractivity contribution in [1.29, 1.82) is 0 Å². The molecule has 2 aromatic rings. The van der Waals surface area contributed by atoms with E-state index in [0.29, 0.717) is 16.3 Å². The molecule has 1 unspecified atom stereocenters. The van der Waals surface area contributed by atoms with Gasteiger partial charge in [-0.3, -0.25) is 0 Å². The first-order chi connectivity index (χ1) is 9.54. The molecule has 0 saturated carbocycles. The van der Waals surface area contributed by atoms with Gasteiger partial charge in [0.2, 0.25) is 0 Å². The van der Waals surface area contributed by atoms with Gasteiger partial charge < -0.3 is 9.84 Å². The third-order valence-electron chi connectivity index (χ3n) is 2.68. The average molecular weight is 295 g/mol. The van der Waals surface area contributed by atoms with Crippen LogP contribution in [0.1, 0.15) is 5.56 Å². The zero-order valence-corrected chi connectivity index (χ0v) is 11.2. The lowest BCUT2D eigenvalue weighted by molar-refractivity contribution is -0.145. The topological polar surface area (TPSA) is 46.5 Å². The molecule has 1 N–H and O–H groups in total. The Morgan fingerprint density at radius 1 is 1.25 bits per heavy atom. The van der Waals surface area contributed by atoms with Gasteiger partial charge in [0, 0.05) is 11.4 Å². The van der Waals surface area contributed by atoms with Crippen molar-refractivity contribution in [3.05, 3.63) is 64.9 Å². The first-order valence-corrected chi connectivity index (χ1v) is 6.32. The molecular weight excluding hydrogens is 283 g/mol. The highest BCUT2D eigenvalue weighted by molar-refractivity contribution is 6.30. The van der Waals surface area contributed by atoms with Crippen molar-refractivity contribution in [3.63, 3.8) is 0 Å². The molecule has 0 heterocycles. The van der Waals surface area contributed by atoms with Gasteiger partial charge in [-0.2, -0.15) is 0 Å². The first kappa shape index (κ1) is 14.3. The SMILES string of the molecule is O=C(O)C(Cc1ccc(F)cc1)Oc1cccc(Cl)c1. The second-order valence-corrected chi connectivity index (χ2v) is 4.67. The summed E-state index contributed by atoms with van der Waals surface area (Å²) < 4.78 is 18.2. The van der Waals surface area contributed by atoms with Gasteiger partial charge in [-0.05, 0) is 35.9 Å². The average Bonchev–Trinajstić information content (AvgIpc) is 2.40. The molecule has 1 atom stereocenters. The summed E-state index contributed by atoms with van der Waals surface area (Å²) in [5.41, 5.74) is 0.681. The maximum absolute atomic E-state index is 12.8. The molecule has 0 spiro atoms. The number of benzene rings is 2. The quantitative estimate of drug-likeness (QED) is 0.917. The molecule has 20 heavy (non-hydrogen) atoms. The Morgan fingerprint density at radius 3 is 2.55 bits per heavy atom. The number of aliphatic carboxylic acids is 1. The highest BCUT2D eigenvalue weighted by Gasteiger charge is 2.20. The smallest absolute Gasteiger partial charge is 0.345 e. The monoisotopic (exact) mass is 294 g/mol. The van der Waals surface area contributed by atoms with Crippen LogP contribution in [0.2, 0.25) is 5.02 Å². The van der Waals surface area contributed by atoms with Crippen LogP contribution >= 0.6 is 11.6 Å². The molecule has 0 aromatic heterocycles. The predicted molar refractivity (Wildman–Crippen MR) is 73.6 cm³/mol. The summed E-state index contributed by atoms with van der Waals surface area (Å²) in [5.74, 6) is -1.07. The van der Waals surface area contributed by atoms with Crippen LogP contribution in [0.3, 0.4) is 0 Å². The maximum atomic E-state index is 12.8. The molecule has 0 fully saturated rings. The van der Waals surface area contributed by atoms with Gasteiger partial charge in [0.05, 0.1) is 0 Å². The van der Waals surface area contributed by atoms with E-state index in [-0.39, 0.29) is 12.2 Å². The van der Waals surface area contributed by atoms with Crippen LogP contribution in [0, 0.1) is 5.82 Å².